The Bertz CT molecular complexity index is 897. The molecule has 4 rings (SSSR count). The van der Waals surface area contributed by atoms with Gasteiger partial charge in [-0.25, -0.2) is 0 Å². The molecule has 120 valence electrons. The van der Waals surface area contributed by atoms with Crippen molar-refractivity contribution in [3.63, 3.8) is 0 Å². The molecule has 2 N–H and O–H groups in total. The first-order valence-electron chi connectivity index (χ1n) is 8.11. The maximum atomic E-state index is 4.18. The molecule has 0 saturated heterocycles. The summed E-state index contributed by atoms with van der Waals surface area (Å²) in [4.78, 5) is 8.97. The molecule has 0 fully saturated rings. The van der Waals surface area contributed by atoms with Crippen LogP contribution < -0.4 is 5.32 Å². The van der Waals surface area contributed by atoms with Crippen LogP contribution >= 0.6 is 11.3 Å². The Kier molecular flexibility index (Phi) is 4.40. The van der Waals surface area contributed by atoms with Crippen LogP contribution in [0.1, 0.15) is 21.9 Å². The van der Waals surface area contributed by atoms with Gasteiger partial charge in [0, 0.05) is 53.4 Å². The Hall–Kier alpha value is -2.43. The highest BCUT2D eigenvalue weighted by Gasteiger charge is 2.18. The van der Waals surface area contributed by atoms with Crippen LogP contribution in [0, 0.1) is 0 Å². The van der Waals surface area contributed by atoms with E-state index in [0.29, 0.717) is 5.92 Å². The summed E-state index contributed by atoms with van der Waals surface area (Å²) < 4.78 is 0. The van der Waals surface area contributed by atoms with E-state index >= 15 is 0 Å². The first kappa shape index (κ1) is 15.1. The van der Waals surface area contributed by atoms with Gasteiger partial charge in [0.15, 0.2) is 0 Å². The quantitative estimate of drug-likeness (QED) is 0.543. The number of fused-ring (bicyclic) bond motifs is 1. The second kappa shape index (κ2) is 6.99. The van der Waals surface area contributed by atoms with Crippen LogP contribution in [0.2, 0.25) is 0 Å². The number of rotatable bonds is 6. The molecule has 24 heavy (non-hydrogen) atoms. The lowest BCUT2D eigenvalue weighted by Gasteiger charge is -2.16. The number of hydrogen-bond acceptors (Lipinski definition) is 3. The Morgan fingerprint density at radius 1 is 1.08 bits per heavy atom. The van der Waals surface area contributed by atoms with Gasteiger partial charge in [0.1, 0.15) is 0 Å². The lowest BCUT2D eigenvalue weighted by Crippen LogP contribution is -2.21. The smallest absolute Gasteiger partial charge is 0.0457 e. The second-order valence-corrected chi connectivity index (χ2v) is 6.83. The van der Waals surface area contributed by atoms with E-state index in [-0.39, 0.29) is 0 Å². The molecule has 0 bridgehead atoms. The van der Waals surface area contributed by atoms with Crippen molar-refractivity contribution in [1.29, 1.82) is 0 Å². The monoisotopic (exact) mass is 333 g/mol. The fraction of sp³-hybridized carbons (Fsp3) is 0.150. The van der Waals surface area contributed by atoms with Gasteiger partial charge in [-0.1, -0.05) is 30.3 Å². The molecule has 1 aromatic carbocycles. The van der Waals surface area contributed by atoms with Gasteiger partial charge in [0.2, 0.25) is 0 Å². The number of H-pyrrole nitrogens is 1. The van der Waals surface area contributed by atoms with Gasteiger partial charge in [-0.15, -0.1) is 11.3 Å². The number of para-hydroxylation sites is 1. The van der Waals surface area contributed by atoms with Crippen molar-refractivity contribution in [3.8, 4) is 0 Å². The zero-order valence-electron chi connectivity index (χ0n) is 13.3. The summed E-state index contributed by atoms with van der Waals surface area (Å²) in [6.45, 7) is 1.73. The topological polar surface area (TPSA) is 40.7 Å². The number of nitrogens with zero attached hydrogens (tertiary/aromatic N) is 1. The minimum Gasteiger partial charge on any atom is -0.361 e. The van der Waals surface area contributed by atoms with E-state index in [2.05, 4.69) is 69.3 Å². The van der Waals surface area contributed by atoms with Crippen molar-refractivity contribution < 1.29 is 0 Å². The van der Waals surface area contributed by atoms with Crippen molar-refractivity contribution >= 4 is 22.2 Å². The summed E-state index contributed by atoms with van der Waals surface area (Å²) in [5, 5.41) is 7.05. The van der Waals surface area contributed by atoms with Crippen molar-refractivity contribution in [3.05, 3.63) is 88.5 Å². The van der Waals surface area contributed by atoms with E-state index in [1.807, 2.05) is 29.8 Å². The Morgan fingerprint density at radius 3 is 2.88 bits per heavy atom. The van der Waals surface area contributed by atoms with E-state index < -0.39 is 0 Å². The van der Waals surface area contributed by atoms with Gasteiger partial charge in [-0.2, -0.15) is 0 Å². The molecule has 3 nitrogen and oxygen atoms in total. The molecule has 0 spiro atoms. The number of pyridine rings is 1. The van der Waals surface area contributed by atoms with Gasteiger partial charge < -0.3 is 10.3 Å². The number of hydrogen-bond donors (Lipinski definition) is 2. The number of benzene rings is 1. The van der Waals surface area contributed by atoms with Crippen molar-refractivity contribution in [2.75, 3.05) is 6.54 Å². The minimum atomic E-state index is 0.345. The second-order valence-electron chi connectivity index (χ2n) is 5.85. The van der Waals surface area contributed by atoms with Gasteiger partial charge in [-0.05, 0) is 34.7 Å². The van der Waals surface area contributed by atoms with Crippen LogP contribution in [0.15, 0.2) is 72.5 Å². The fourth-order valence-corrected chi connectivity index (χ4v) is 3.95. The van der Waals surface area contributed by atoms with Crippen LogP contribution in [0.3, 0.4) is 0 Å². The normalized spacial score (nSPS) is 12.5. The van der Waals surface area contributed by atoms with Crippen molar-refractivity contribution in [2.24, 2.45) is 0 Å². The Labute approximate surface area is 145 Å². The Morgan fingerprint density at radius 2 is 2.04 bits per heavy atom. The highest BCUT2D eigenvalue weighted by Crippen LogP contribution is 2.32. The molecule has 0 aliphatic rings. The van der Waals surface area contributed by atoms with Gasteiger partial charge in [-0.3, -0.25) is 4.98 Å². The van der Waals surface area contributed by atoms with Crippen LogP contribution in [0.4, 0.5) is 0 Å². The minimum absolute atomic E-state index is 0.345. The third-order valence-electron chi connectivity index (χ3n) is 4.28. The number of nitrogens with one attached hydrogen (secondary N) is 2. The maximum Gasteiger partial charge on any atom is 0.0457 e. The lowest BCUT2D eigenvalue weighted by molar-refractivity contribution is 0.642. The zero-order valence-corrected chi connectivity index (χ0v) is 14.1. The van der Waals surface area contributed by atoms with E-state index in [1.54, 1.807) is 0 Å². The van der Waals surface area contributed by atoms with Gasteiger partial charge >= 0.3 is 0 Å². The molecule has 3 heterocycles. The van der Waals surface area contributed by atoms with Gasteiger partial charge in [0.25, 0.3) is 0 Å². The molecule has 0 radical (unpaired) electrons. The zero-order chi connectivity index (χ0) is 16.2. The molecular weight excluding hydrogens is 314 g/mol. The standard InChI is InChI=1S/C20H19N3S/c1-2-7-19-16(6-1)17(14-23-19)18(20-8-4-10-24-20)13-22-12-15-5-3-9-21-11-15/h1-11,14,18,22-23H,12-13H2/t18-/m1/s1. The summed E-state index contributed by atoms with van der Waals surface area (Å²) in [5.74, 6) is 0.345. The molecule has 0 aliphatic heterocycles. The summed E-state index contributed by atoms with van der Waals surface area (Å²) >= 11 is 1.82. The molecule has 0 unspecified atom stereocenters. The summed E-state index contributed by atoms with van der Waals surface area (Å²) in [7, 11) is 0. The third-order valence-corrected chi connectivity index (χ3v) is 5.27. The molecule has 3 aromatic heterocycles. The average Bonchev–Trinajstić information content (AvgIpc) is 3.30. The molecule has 1 atom stereocenters. The summed E-state index contributed by atoms with van der Waals surface area (Å²) in [6, 6.07) is 16.9. The largest absolute Gasteiger partial charge is 0.361 e. The number of aromatic amines is 1. The third kappa shape index (κ3) is 3.11. The van der Waals surface area contributed by atoms with Crippen LogP contribution in [0.5, 0.6) is 0 Å². The van der Waals surface area contributed by atoms with Gasteiger partial charge in [0.05, 0.1) is 0 Å². The predicted octanol–water partition coefficient (Wildman–Crippen LogP) is 4.55. The van der Waals surface area contributed by atoms with E-state index in [4.69, 9.17) is 0 Å². The predicted molar refractivity (Wildman–Crippen MR) is 100 cm³/mol. The highest BCUT2D eigenvalue weighted by atomic mass is 32.1. The van der Waals surface area contributed by atoms with E-state index in [0.717, 1.165) is 13.1 Å². The highest BCUT2D eigenvalue weighted by molar-refractivity contribution is 7.10. The molecule has 0 saturated carbocycles. The molecule has 0 amide bonds. The molecular formula is C20H19N3S. The first-order valence-corrected chi connectivity index (χ1v) is 8.99. The van der Waals surface area contributed by atoms with Crippen molar-refractivity contribution in [2.45, 2.75) is 12.5 Å². The molecule has 4 heteroatoms. The molecule has 4 aromatic rings. The fourth-order valence-electron chi connectivity index (χ4n) is 3.10. The summed E-state index contributed by atoms with van der Waals surface area (Å²) in [5.41, 5.74) is 3.76. The maximum absolute atomic E-state index is 4.18. The number of thiophene rings is 1. The van der Waals surface area contributed by atoms with Crippen LogP contribution in [-0.2, 0) is 6.54 Å². The SMILES string of the molecule is c1cncc(CNC[C@@H](c2cccs2)c2c[nH]c3ccccc23)c1. The van der Waals surface area contributed by atoms with Crippen LogP contribution in [-0.4, -0.2) is 16.5 Å². The van der Waals surface area contributed by atoms with Crippen molar-refractivity contribution in [1.82, 2.24) is 15.3 Å². The first-order chi connectivity index (χ1) is 11.9. The van der Waals surface area contributed by atoms with E-state index in [1.165, 1.54) is 26.9 Å². The average molecular weight is 333 g/mol. The molecule has 0 aliphatic carbocycles. The summed E-state index contributed by atoms with van der Waals surface area (Å²) in [6.07, 6.45) is 5.88. The van der Waals surface area contributed by atoms with Crippen LogP contribution in [0.25, 0.3) is 10.9 Å². The Balaban J connectivity index is 1.58. The number of aromatic nitrogens is 2. The van der Waals surface area contributed by atoms with E-state index in [9.17, 15) is 0 Å². The lowest BCUT2D eigenvalue weighted by atomic mass is 9.96.